The van der Waals surface area contributed by atoms with Crippen molar-refractivity contribution in [2.24, 2.45) is 11.8 Å². The van der Waals surface area contributed by atoms with E-state index in [0.29, 0.717) is 43.8 Å². The molecule has 7 N–H and O–H groups in total. The van der Waals surface area contributed by atoms with Crippen LogP contribution in [0.15, 0.2) is 54.4 Å². The molecule has 1 aromatic carbocycles. The van der Waals surface area contributed by atoms with Crippen LogP contribution in [0.25, 0.3) is 22.3 Å². The van der Waals surface area contributed by atoms with Gasteiger partial charge < -0.3 is 59.4 Å². The molecule has 8 rings (SSSR count). The van der Waals surface area contributed by atoms with E-state index >= 15 is 8.96 Å². The summed E-state index contributed by atoms with van der Waals surface area (Å²) in [6, 6.07) is 5.86. The lowest BCUT2D eigenvalue weighted by atomic mass is 9.89. The molecular weight excluding hydrogens is 1280 g/mol. The van der Waals surface area contributed by atoms with Crippen molar-refractivity contribution in [3.63, 3.8) is 0 Å². The van der Waals surface area contributed by atoms with Crippen LogP contribution in [-0.4, -0.2) is 209 Å². The number of hydrogen-bond acceptors (Lipinski definition) is 28. The third kappa shape index (κ3) is 20.8. The number of aromatic amines is 1. The number of halogens is 1. The number of Topliss-reactive ketones (excluding diaryl/α,β-unsaturated/α-hetero) is 3. The minimum atomic E-state index is -5.13. The van der Waals surface area contributed by atoms with Crippen LogP contribution in [0.4, 0.5) is 10.2 Å². The number of ether oxygens (including phenoxy) is 7. The molecule has 3 saturated heterocycles. The van der Waals surface area contributed by atoms with Crippen LogP contribution in [-0.2, 0) is 101 Å². The van der Waals surface area contributed by atoms with E-state index in [1.807, 2.05) is 0 Å². The van der Waals surface area contributed by atoms with Crippen molar-refractivity contribution in [2.45, 2.75) is 108 Å². The van der Waals surface area contributed by atoms with Gasteiger partial charge in [-0.15, -0.1) is 0 Å². The van der Waals surface area contributed by atoms with Gasteiger partial charge in [-0.25, -0.2) is 43.9 Å². The second-order valence-electron chi connectivity index (χ2n) is 21.7. The molecule has 92 heavy (non-hydrogen) atoms. The summed E-state index contributed by atoms with van der Waals surface area (Å²) in [7, 11) is -3.49. The number of H-pyrrole nitrogens is 1. The normalized spacial score (nSPS) is 24.2. The van der Waals surface area contributed by atoms with Crippen molar-refractivity contribution in [1.82, 2.24) is 55.2 Å². The van der Waals surface area contributed by atoms with E-state index < -0.39 is 94.3 Å². The molecule has 3 fully saturated rings. The largest absolute Gasteiger partial charge is 0.472 e. The second-order valence-corrected chi connectivity index (χ2v) is 27.2. The predicted octanol–water partition coefficient (Wildman–Crippen LogP) is 2.57. The molecule has 0 bridgehead atoms. The Balaban J connectivity index is 0.771. The van der Waals surface area contributed by atoms with Crippen LogP contribution in [0.1, 0.15) is 70.0 Å². The lowest BCUT2D eigenvalue weighted by Gasteiger charge is -2.28. The fraction of sp³-hybridized carbons (Fsp3) is 0.618. The van der Waals surface area contributed by atoms with Crippen LogP contribution in [0.2, 0.25) is 0 Å². The molecule has 5 aromatic rings. The fourth-order valence-corrected chi connectivity index (χ4v) is 14.1. The molecule has 2 unspecified atom stereocenters. The van der Waals surface area contributed by atoms with E-state index in [-0.39, 0.29) is 142 Å². The smallest absolute Gasteiger partial charge is 0.382 e. The van der Waals surface area contributed by atoms with Gasteiger partial charge in [0.1, 0.15) is 62.3 Å². The van der Waals surface area contributed by atoms with Gasteiger partial charge >= 0.3 is 14.6 Å². The molecular formula is C55H77FN12O21P2S. The number of phosphoric acid groups is 1. The Hall–Kier alpha value is -5.95. The molecule has 0 aliphatic carbocycles. The molecule has 506 valence electrons. The summed E-state index contributed by atoms with van der Waals surface area (Å²) in [6.45, 7) is 1.06. The molecule has 33 nitrogen and oxygen atoms in total. The minimum absolute atomic E-state index is 0.000674. The number of amides is 2. The quantitative estimate of drug-likeness (QED) is 0.0191. The van der Waals surface area contributed by atoms with Gasteiger partial charge in [-0.2, -0.15) is 0 Å². The van der Waals surface area contributed by atoms with E-state index in [0.717, 1.165) is 17.7 Å². The number of alkyl halides is 1. The Kier molecular flexibility index (Phi) is 27.3. The van der Waals surface area contributed by atoms with Crippen molar-refractivity contribution >= 4 is 83.3 Å². The number of rotatable bonds is 36. The third-order valence-corrected chi connectivity index (χ3v) is 19.3. The molecule has 0 radical (unpaired) electrons. The maximum absolute atomic E-state index is 16.6. The zero-order chi connectivity index (χ0) is 65.8. The van der Waals surface area contributed by atoms with Gasteiger partial charge in [-0.1, -0.05) is 38.1 Å². The Morgan fingerprint density at radius 1 is 0.793 bits per heavy atom. The first-order valence-electron chi connectivity index (χ1n) is 29.6. The van der Waals surface area contributed by atoms with Crippen molar-refractivity contribution in [1.29, 1.82) is 0 Å². The Bertz CT molecular complexity index is 3420. The second kappa shape index (κ2) is 35.0. The van der Waals surface area contributed by atoms with E-state index in [1.165, 1.54) is 28.1 Å². The maximum Gasteiger partial charge on any atom is 0.472 e. The summed E-state index contributed by atoms with van der Waals surface area (Å²) in [6.07, 6.45) is -5.07. The average molecular weight is 1360 g/mol. The molecule has 7 heterocycles. The highest BCUT2D eigenvalue weighted by Gasteiger charge is 2.53. The number of carbonyl (C=O) groups is 5. The molecule has 0 saturated carbocycles. The first kappa shape index (κ1) is 71.9. The summed E-state index contributed by atoms with van der Waals surface area (Å²) in [5.74, 6) is -2.48. The van der Waals surface area contributed by atoms with Crippen LogP contribution >= 0.6 is 26.0 Å². The summed E-state index contributed by atoms with van der Waals surface area (Å²) in [5.41, 5.74) is 9.53. The van der Waals surface area contributed by atoms with E-state index in [2.05, 4.69) is 46.0 Å². The van der Waals surface area contributed by atoms with E-state index in [1.54, 1.807) is 52.1 Å². The highest BCUT2D eigenvalue weighted by molar-refractivity contribution is 8.54. The SMILES string of the molecule is CNOCCOCC(=O)CCCOCCOCC(=O)NCCOCCOCC(=O)C[C@H](C(=O)N[C@@H](C)C(=O)Cc1ccc(CSP2(=O)OC[C@H]3O[C@@H](n4cnc5c(N)ncnc54)[C@H](F)[C@@H]3OP(=O)(O)OC[C@H]3O[C@@H](n4cnc5c(=O)[nH]cnc54)C[C@@H]3O2)cc1)C(C)C. The number of carbonyl (C=O) groups excluding carboxylic acids is 5. The van der Waals surface area contributed by atoms with Crippen molar-refractivity contribution < 1.29 is 98.5 Å². The van der Waals surface area contributed by atoms with Crippen molar-refractivity contribution in [3.05, 3.63) is 71.1 Å². The summed E-state index contributed by atoms with van der Waals surface area (Å²) in [4.78, 5) is 115. The number of aromatic nitrogens is 8. The summed E-state index contributed by atoms with van der Waals surface area (Å²) < 4.78 is 111. The molecule has 0 spiro atoms. The number of anilines is 1. The number of nitrogen functional groups attached to an aromatic ring is 1. The van der Waals surface area contributed by atoms with Crippen LogP contribution in [0.5, 0.6) is 0 Å². The monoisotopic (exact) mass is 1350 g/mol. The first-order chi connectivity index (χ1) is 44.2. The van der Waals surface area contributed by atoms with Gasteiger partial charge in [-0.3, -0.25) is 60.8 Å². The van der Waals surface area contributed by atoms with Gasteiger partial charge in [0.25, 0.3) is 5.56 Å². The number of benzene rings is 1. The zero-order valence-corrected chi connectivity index (χ0v) is 53.6. The Morgan fingerprint density at radius 2 is 1.47 bits per heavy atom. The lowest BCUT2D eigenvalue weighted by molar-refractivity contribution is -0.134. The number of nitrogens with zero attached hydrogens (tertiary/aromatic N) is 7. The fourth-order valence-electron chi connectivity index (χ4n) is 9.75. The molecule has 3 aliphatic rings. The number of nitrogens with one attached hydrogen (secondary N) is 4. The lowest BCUT2D eigenvalue weighted by Crippen LogP contribution is -2.44. The number of imidazole rings is 2. The van der Waals surface area contributed by atoms with E-state index in [4.69, 9.17) is 61.8 Å². The first-order valence-corrected chi connectivity index (χ1v) is 34.2. The standard InChI is InChI=1S/C55H77FN12O21P2S/c1-33(2)39(21-38(70)24-80-16-15-79-13-11-59-44(72)27-82-17-14-78-12-5-6-37(69)23-81-18-19-83-58-4)53(73)66-34(3)40(71)20-35-7-9-36(10-8-35)28-92-91(77)85-26-43-49(46(56)55(87-43)68-32-64-47-50(57)60-29-61-51(47)68)89-90(75,76)84-25-42-41(88-91)22-45(86-42)67-31-65-48-52(67)62-30-63-54(48)74/h7-10,29-34,39,41-43,45-46,49,55,58H,5-6,11-28H2,1-4H3,(H,59,72)(H,66,73)(H,75,76)(H2,57,60,61)(H,62,63,74)/t34-,39-,41-,42+,43+,45+,46+,49+,55+,91?/m0/s1. The van der Waals surface area contributed by atoms with E-state index in [9.17, 15) is 38.2 Å². The van der Waals surface area contributed by atoms with Gasteiger partial charge in [0, 0.05) is 57.6 Å². The molecule has 3 aliphatic heterocycles. The Morgan fingerprint density at radius 3 is 2.23 bits per heavy atom. The van der Waals surface area contributed by atoms with Gasteiger partial charge in [0.15, 0.2) is 52.4 Å². The predicted molar refractivity (Wildman–Crippen MR) is 323 cm³/mol. The maximum atomic E-state index is 16.6. The minimum Gasteiger partial charge on any atom is -0.382 e. The van der Waals surface area contributed by atoms with Gasteiger partial charge in [-0.05, 0) is 41.8 Å². The van der Waals surface area contributed by atoms with Gasteiger partial charge in [0.2, 0.25) is 11.8 Å². The highest BCUT2D eigenvalue weighted by atomic mass is 32.7. The van der Waals surface area contributed by atoms with Crippen LogP contribution in [0, 0.1) is 11.8 Å². The van der Waals surface area contributed by atoms with Crippen LogP contribution < -0.4 is 27.4 Å². The molecule has 4 aromatic heterocycles. The summed E-state index contributed by atoms with van der Waals surface area (Å²) in [5, 5.41) is 5.43. The number of ketones is 3. The van der Waals surface area contributed by atoms with Gasteiger partial charge in [0.05, 0.1) is 84.5 Å². The number of fused-ring (bicyclic) bond motifs is 4. The summed E-state index contributed by atoms with van der Waals surface area (Å²) >= 11 is 0.768. The Labute approximate surface area is 530 Å². The number of hydroxylamine groups is 1. The number of hydrogen-bond donors (Lipinski definition) is 6. The molecule has 37 heteroatoms. The highest BCUT2D eigenvalue weighted by Crippen LogP contribution is 2.64. The number of nitrogens with two attached hydrogens (primary N) is 1. The zero-order valence-electron chi connectivity index (χ0n) is 51.0. The third-order valence-electron chi connectivity index (χ3n) is 14.6. The molecule has 2 amide bonds. The topological polar surface area (TPSA) is 420 Å². The van der Waals surface area contributed by atoms with Crippen molar-refractivity contribution in [2.75, 3.05) is 105 Å². The van der Waals surface area contributed by atoms with Crippen LogP contribution in [0.3, 0.4) is 0 Å². The average Bonchev–Trinajstić information content (AvgIpc) is 1.71. The van der Waals surface area contributed by atoms with Crippen molar-refractivity contribution in [3.8, 4) is 0 Å². The number of phosphoric ester groups is 1. The molecule has 11 atom stereocenters.